The average molecular weight is 413 g/mol. The van der Waals surface area contributed by atoms with Gasteiger partial charge in [-0.15, -0.1) is 0 Å². The Kier molecular flexibility index (Phi) is 5.95. The minimum Gasteiger partial charge on any atom is -0.465 e. The van der Waals surface area contributed by atoms with Gasteiger partial charge >= 0.3 is 11.9 Å². The van der Waals surface area contributed by atoms with Gasteiger partial charge in [-0.2, -0.15) is 0 Å². The van der Waals surface area contributed by atoms with Crippen molar-refractivity contribution in [1.82, 2.24) is 9.55 Å². The third kappa shape index (κ3) is 4.07. The Morgan fingerprint density at radius 3 is 2.50 bits per heavy atom. The zero-order valence-corrected chi connectivity index (χ0v) is 16.6. The summed E-state index contributed by atoms with van der Waals surface area (Å²) in [7, 11) is 1.27. The predicted octanol–water partition coefficient (Wildman–Crippen LogP) is 1.90. The van der Waals surface area contributed by atoms with E-state index < -0.39 is 23.4 Å². The van der Waals surface area contributed by atoms with Crippen LogP contribution in [0.1, 0.15) is 33.4 Å². The van der Waals surface area contributed by atoms with Crippen LogP contribution in [-0.4, -0.2) is 41.1 Å². The fraction of sp³-hybridized carbons (Fsp3) is 0.250. The number of fused-ring (bicyclic) bond motifs is 1. The topological polar surface area (TPSA) is 130 Å². The second-order valence-electron chi connectivity index (χ2n) is 6.23. The molecule has 0 spiro atoms. The Labute approximate surface area is 170 Å². The number of aromatic nitrogens is 2. The van der Waals surface area contributed by atoms with Crippen molar-refractivity contribution in [3.63, 3.8) is 0 Å². The highest BCUT2D eigenvalue weighted by Crippen LogP contribution is 2.21. The van der Waals surface area contributed by atoms with Crippen LogP contribution in [0.15, 0.2) is 39.8 Å². The van der Waals surface area contributed by atoms with Crippen molar-refractivity contribution in [3.8, 4) is 0 Å². The van der Waals surface area contributed by atoms with Crippen LogP contribution in [0.5, 0.6) is 0 Å². The Morgan fingerprint density at radius 2 is 1.87 bits per heavy atom. The maximum Gasteiger partial charge on any atom is 0.342 e. The summed E-state index contributed by atoms with van der Waals surface area (Å²) in [5, 5.41) is 2.58. The van der Waals surface area contributed by atoms with Crippen LogP contribution < -0.4 is 10.9 Å². The van der Waals surface area contributed by atoms with Crippen molar-refractivity contribution >= 4 is 34.6 Å². The molecule has 10 heteroatoms. The molecule has 2 heterocycles. The first-order valence-corrected chi connectivity index (χ1v) is 8.99. The van der Waals surface area contributed by atoms with Crippen molar-refractivity contribution in [2.45, 2.75) is 20.4 Å². The molecule has 0 saturated carbocycles. The van der Waals surface area contributed by atoms with E-state index in [0.717, 1.165) is 4.57 Å². The SMILES string of the molecule is CCOC(=O)c1c(C)oc2ncn(CC(=O)Nc3ccc(C(=O)OC)cc3)c(=O)c12. The first-order valence-electron chi connectivity index (χ1n) is 8.99. The molecule has 0 bridgehead atoms. The molecule has 0 saturated heterocycles. The minimum atomic E-state index is -0.694. The number of aryl methyl sites for hydroxylation is 1. The summed E-state index contributed by atoms with van der Waals surface area (Å²) in [5.41, 5.74) is 0.161. The van der Waals surface area contributed by atoms with E-state index >= 15 is 0 Å². The molecule has 1 N–H and O–H groups in total. The number of rotatable bonds is 6. The number of ether oxygens (including phenoxy) is 2. The molecule has 30 heavy (non-hydrogen) atoms. The van der Waals surface area contributed by atoms with Gasteiger partial charge in [-0.05, 0) is 38.1 Å². The highest BCUT2D eigenvalue weighted by atomic mass is 16.5. The second kappa shape index (κ2) is 8.60. The van der Waals surface area contributed by atoms with Gasteiger partial charge in [0.15, 0.2) is 0 Å². The second-order valence-corrected chi connectivity index (χ2v) is 6.23. The molecule has 0 aliphatic heterocycles. The lowest BCUT2D eigenvalue weighted by atomic mass is 10.2. The van der Waals surface area contributed by atoms with Gasteiger partial charge in [0.05, 0.1) is 19.3 Å². The molecule has 1 amide bonds. The molecule has 1 aromatic carbocycles. The molecule has 0 atom stereocenters. The summed E-state index contributed by atoms with van der Waals surface area (Å²) in [6.45, 7) is 2.97. The number of amides is 1. The fourth-order valence-corrected chi connectivity index (χ4v) is 2.86. The van der Waals surface area contributed by atoms with Crippen LogP contribution in [-0.2, 0) is 20.8 Å². The van der Waals surface area contributed by atoms with Gasteiger partial charge in [0.2, 0.25) is 11.6 Å². The summed E-state index contributed by atoms with van der Waals surface area (Å²) in [6, 6.07) is 6.07. The number of benzene rings is 1. The lowest BCUT2D eigenvalue weighted by Gasteiger charge is -2.08. The predicted molar refractivity (Wildman–Crippen MR) is 105 cm³/mol. The average Bonchev–Trinajstić information content (AvgIpc) is 3.07. The fourth-order valence-electron chi connectivity index (χ4n) is 2.86. The summed E-state index contributed by atoms with van der Waals surface area (Å²) in [6.07, 6.45) is 1.17. The van der Waals surface area contributed by atoms with Gasteiger partial charge in [0.25, 0.3) is 5.56 Å². The van der Waals surface area contributed by atoms with Crippen molar-refractivity contribution < 1.29 is 28.3 Å². The number of carbonyl (C=O) groups excluding carboxylic acids is 3. The number of nitrogens with zero attached hydrogens (tertiary/aromatic N) is 2. The Hall–Kier alpha value is -3.95. The third-order valence-corrected chi connectivity index (χ3v) is 4.24. The van der Waals surface area contributed by atoms with Gasteiger partial charge in [-0.3, -0.25) is 14.2 Å². The standard InChI is InChI=1S/C20H19N3O7/c1-4-29-20(27)15-11(2)30-17-16(15)18(25)23(10-21-17)9-14(24)22-13-7-5-12(6-8-13)19(26)28-3/h5-8,10H,4,9H2,1-3H3,(H,22,24). The van der Waals surface area contributed by atoms with E-state index in [1.54, 1.807) is 6.92 Å². The first-order chi connectivity index (χ1) is 14.3. The van der Waals surface area contributed by atoms with E-state index in [1.165, 1.54) is 44.6 Å². The third-order valence-electron chi connectivity index (χ3n) is 4.24. The van der Waals surface area contributed by atoms with Crippen molar-refractivity contribution in [1.29, 1.82) is 0 Å². The van der Waals surface area contributed by atoms with Crippen LogP contribution in [0.25, 0.3) is 11.1 Å². The largest absolute Gasteiger partial charge is 0.465 e. The number of nitrogens with one attached hydrogen (secondary N) is 1. The molecular formula is C20H19N3O7. The summed E-state index contributed by atoms with van der Waals surface area (Å²) >= 11 is 0. The molecular weight excluding hydrogens is 394 g/mol. The van der Waals surface area contributed by atoms with E-state index in [9.17, 15) is 19.2 Å². The maximum atomic E-state index is 12.8. The van der Waals surface area contributed by atoms with Crippen LogP contribution in [0, 0.1) is 6.92 Å². The van der Waals surface area contributed by atoms with E-state index in [4.69, 9.17) is 9.15 Å². The quantitative estimate of drug-likeness (QED) is 0.607. The molecule has 3 rings (SSSR count). The Bertz CT molecular complexity index is 1180. The summed E-state index contributed by atoms with van der Waals surface area (Å²) < 4.78 is 16.0. The van der Waals surface area contributed by atoms with Crippen molar-refractivity contribution in [2.75, 3.05) is 19.0 Å². The highest BCUT2D eigenvalue weighted by Gasteiger charge is 2.24. The summed E-state index contributed by atoms with van der Waals surface area (Å²) in [4.78, 5) is 52.9. The van der Waals surface area contributed by atoms with E-state index in [-0.39, 0.29) is 35.6 Å². The van der Waals surface area contributed by atoms with Crippen LogP contribution >= 0.6 is 0 Å². The summed E-state index contributed by atoms with van der Waals surface area (Å²) in [5.74, 6) is -1.48. The van der Waals surface area contributed by atoms with Gasteiger partial charge in [0.1, 0.15) is 29.6 Å². The van der Waals surface area contributed by atoms with E-state index in [1.807, 2.05) is 0 Å². The molecule has 0 unspecified atom stereocenters. The number of hydrogen-bond donors (Lipinski definition) is 1. The number of methoxy groups -OCH3 is 1. The van der Waals surface area contributed by atoms with Crippen molar-refractivity contribution in [3.05, 3.63) is 57.8 Å². The number of furan rings is 1. The molecule has 0 fully saturated rings. The van der Waals surface area contributed by atoms with Gasteiger partial charge < -0.3 is 19.2 Å². The zero-order chi connectivity index (χ0) is 21.8. The highest BCUT2D eigenvalue weighted by molar-refractivity contribution is 6.03. The minimum absolute atomic E-state index is 0.00231. The molecule has 3 aromatic rings. The van der Waals surface area contributed by atoms with Crippen molar-refractivity contribution in [2.24, 2.45) is 0 Å². The van der Waals surface area contributed by atoms with E-state index in [0.29, 0.717) is 11.3 Å². The number of carbonyl (C=O) groups is 3. The maximum absolute atomic E-state index is 12.8. The van der Waals surface area contributed by atoms with Gasteiger partial charge in [0, 0.05) is 5.69 Å². The number of anilines is 1. The number of esters is 2. The molecule has 0 aliphatic carbocycles. The molecule has 10 nitrogen and oxygen atoms in total. The van der Waals surface area contributed by atoms with Crippen LogP contribution in [0.3, 0.4) is 0 Å². The smallest absolute Gasteiger partial charge is 0.342 e. The van der Waals surface area contributed by atoms with Crippen LogP contribution in [0.2, 0.25) is 0 Å². The molecule has 2 aromatic heterocycles. The van der Waals surface area contributed by atoms with Gasteiger partial charge in [-0.1, -0.05) is 0 Å². The Morgan fingerprint density at radius 1 is 1.17 bits per heavy atom. The zero-order valence-electron chi connectivity index (χ0n) is 16.6. The molecule has 0 aliphatic rings. The van der Waals surface area contributed by atoms with Crippen LogP contribution in [0.4, 0.5) is 5.69 Å². The Balaban J connectivity index is 1.83. The van der Waals surface area contributed by atoms with Gasteiger partial charge in [-0.25, -0.2) is 14.6 Å². The monoisotopic (exact) mass is 413 g/mol. The lowest BCUT2D eigenvalue weighted by Crippen LogP contribution is -2.28. The lowest BCUT2D eigenvalue weighted by molar-refractivity contribution is -0.116. The van der Waals surface area contributed by atoms with E-state index in [2.05, 4.69) is 15.0 Å². The number of hydrogen-bond acceptors (Lipinski definition) is 8. The molecule has 156 valence electrons. The molecule has 0 radical (unpaired) electrons. The first kappa shape index (κ1) is 20.8. The normalized spacial score (nSPS) is 10.6.